The van der Waals surface area contributed by atoms with Gasteiger partial charge in [0.25, 0.3) is 6.33 Å². The molecule has 0 fully saturated rings. The number of benzene rings is 2. The maximum atomic E-state index is 12.8. The maximum absolute atomic E-state index is 12.8. The molecule has 166 valence electrons. The second kappa shape index (κ2) is 7.77. The van der Waals surface area contributed by atoms with Gasteiger partial charge in [0.1, 0.15) is 11.9 Å². The van der Waals surface area contributed by atoms with Crippen LogP contribution < -0.4 is 9.47 Å². The van der Waals surface area contributed by atoms with Crippen LogP contribution in [0.15, 0.2) is 85.5 Å². The van der Waals surface area contributed by atoms with E-state index < -0.39 is 11.7 Å². The van der Waals surface area contributed by atoms with E-state index in [0.29, 0.717) is 11.4 Å². The number of nitrogens with zero attached hydrogens (tertiary/aromatic N) is 6. The summed E-state index contributed by atoms with van der Waals surface area (Å²) < 4.78 is 44.0. The van der Waals surface area contributed by atoms with Gasteiger partial charge in [-0.1, -0.05) is 11.3 Å². The molecule has 0 aliphatic heterocycles. The van der Waals surface area contributed by atoms with Gasteiger partial charge in [-0.15, -0.1) is 5.10 Å². The third kappa shape index (κ3) is 3.93. The third-order valence-corrected chi connectivity index (χ3v) is 5.45. The molecule has 33 heavy (non-hydrogen) atoms. The Bertz CT molecular complexity index is 1410. The highest BCUT2D eigenvalue weighted by Crippen LogP contribution is 2.29. The van der Waals surface area contributed by atoms with E-state index in [2.05, 4.69) is 34.6 Å². The third-order valence-electron chi connectivity index (χ3n) is 5.45. The number of fused-ring (bicyclic) bond motifs is 1. The van der Waals surface area contributed by atoms with Crippen molar-refractivity contribution in [2.24, 2.45) is 0 Å². The van der Waals surface area contributed by atoms with Crippen LogP contribution in [0.1, 0.15) is 5.56 Å². The minimum Gasteiger partial charge on any atom is -0.378 e. The second-order valence-corrected chi connectivity index (χ2v) is 7.86. The minimum absolute atomic E-state index is 0.498. The fourth-order valence-electron chi connectivity index (χ4n) is 3.66. The summed E-state index contributed by atoms with van der Waals surface area (Å²) in [6.45, 7) is 0. The first-order valence-corrected chi connectivity index (χ1v) is 10.2. The first-order valence-electron chi connectivity index (χ1n) is 10.2. The number of hydrogen-bond acceptors (Lipinski definition) is 3. The molecule has 0 unspecified atom stereocenters. The molecule has 0 amide bonds. The summed E-state index contributed by atoms with van der Waals surface area (Å²) in [5.74, 6) is 0. The van der Waals surface area contributed by atoms with Crippen molar-refractivity contribution >= 4 is 11.2 Å². The van der Waals surface area contributed by atoms with Gasteiger partial charge in [0.2, 0.25) is 0 Å². The summed E-state index contributed by atoms with van der Waals surface area (Å²) in [5, 5.41) is 8.37. The van der Waals surface area contributed by atoms with E-state index in [1.54, 1.807) is 6.20 Å². The van der Waals surface area contributed by atoms with Crippen LogP contribution in [-0.4, -0.2) is 33.5 Å². The van der Waals surface area contributed by atoms with Crippen LogP contribution in [0, 0.1) is 0 Å². The van der Waals surface area contributed by atoms with Crippen molar-refractivity contribution in [2.45, 2.75) is 6.18 Å². The molecule has 0 saturated heterocycles. The monoisotopic (exact) mass is 449 g/mol. The Morgan fingerprint density at radius 1 is 0.909 bits per heavy atom. The van der Waals surface area contributed by atoms with Crippen molar-refractivity contribution in [1.82, 2.24) is 19.4 Å². The highest BCUT2D eigenvalue weighted by Gasteiger charge is 2.30. The van der Waals surface area contributed by atoms with E-state index in [4.69, 9.17) is 0 Å². The Labute approximate surface area is 187 Å². The van der Waals surface area contributed by atoms with E-state index in [9.17, 15) is 13.2 Å². The summed E-state index contributed by atoms with van der Waals surface area (Å²) in [4.78, 5) is 2.04. The van der Waals surface area contributed by atoms with Gasteiger partial charge < -0.3 is 4.90 Å². The van der Waals surface area contributed by atoms with Crippen LogP contribution >= 0.6 is 0 Å². The zero-order valence-electron chi connectivity index (χ0n) is 17.9. The number of anilines is 1. The lowest BCUT2D eigenvalue weighted by Crippen LogP contribution is -2.27. The Kier molecular flexibility index (Phi) is 4.88. The van der Waals surface area contributed by atoms with Crippen molar-refractivity contribution in [2.75, 3.05) is 19.0 Å². The van der Waals surface area contributed by atoms with Crippen LogP contribution in [-0.2, 0) is 6.18 Å². The standard InChI is InChI=1S/C24H20F3N6/c1-30(2)18-10-12-19(13-11-18)31-14-21-4-3-5-23(32(21)16-31)22-15-33(29-28-22)20-8-6-17(7-9-20)24(25,26)27/h3-16H,1-2H3/q+1. The lowest BCUT2D eigenvalue weighted by Gasteiger charge is -2.11. The summed E-state index contributed by atoms with van der Waals surface area (Å²) in [7, 11) is 4.00. The Morgan fingerprint density at radius 2 is 1.64 bits per heavy atom. The molecule has 9 heteroatoms. The normalized spacial score (nSPS) is 11.8. The number of pyridine rings is 1. The van der Waals surface area contributed by atoms with Gasteiger partial charge in [-0.3, -0.25) is 0 Å². The van der Waals surface area contributed by atoms with Crippen LogP contribution in [0.4, 0.5) is 18.9 Å². The highest BCUT2D eigenvalue weighted by molar-refractivity contribution is 5.60. The minimum atomic E-state index is -4.38. The molecular formula is C24H20F3N6+. The van der Waals surface area contributed by atoms with Crippen molar-refractivity contribution in [3.05, 3.63) is 91.0 Å². The van der Waals surface area contributed by atoms with Crippen molar-refractivity contribution in [1.29, 1.82) is 0 Å². The molecule has 2 aromatic carbocycles. The predicted molar refractivity (Wildman–Crippen MR) is 119 cm³/mol. The predicted octanol–water partition coefficient (Wildman–Crippen LogP) is 4.55. The topological polar surface area (TPSA) is 42.2 Å². The summed E-state index contributed by atoms with van der Waals surface area (Å²) in [5.41, 5.74) is 4.31. The number of rotatable bonds is 4. The van der Waals surface area contributed by atoms with Gasteiger partial charge in [0.15, 0.2) is 16.9 Å². The maximum Gasteiger partial charge on any atom is 0.416 e. The molecule has 0 saturated carbocycles. The average Bonchev–Trinajstić information content (AvgIpc) is 3.46. The lowest BCUT2D eigenvalue weighted by molar-refractivity contribution is -0.594. The number of halogens is 3. The summed E-state index contributed by atoms with van der Waals surface area (Å²) in [6, 6.07) is 18.9. The van der Waals surface area contributed by atoms with E-state index in [1.807, 2.05) is 58.7 Å². The molecule has 0 radical (unpaired) electrons. The van der Waals surface area contributed by atoms with E-state index in [1.165, 1.54) is 16.8 Å². The highest BCUT2D eigenvalue weighted by atomic mass is 19.4. The van der Waals surface area contributed by atoms with Gasteiger partial charge >= 0.3 is 6.18 Å². The fourth-order valence-corrected chi connectivity index (χ4v) is 3.66. The second-order valence-electron chi connectivity index (χ2n) is 7.86. The zero-order chi connectivity index (χ0) is 23.2. The Hall–Kier alpha value is -4.14. The van der Waals surface area contributed by atoms with Crippen LogP contribution in [0.3, 0.4) is 0 Å². The Morgan fingerprint density at radius 3 is 2.30 bits per heavy atom. The fraction of sp³-hybridized carbons (Fsp3) is 0.125. The van der Waals surface area contributed by atoms with Crippen molar-refractivity contribution in [3.63, 3.8) is 0 Å². The first-order chi connectivity index (χ1) is 15.8. The molecule has 5 aromatic rings. The molecule has 0 aliphatic rings. The number of hydrogen-bond donors (Lipinski definition) is 0. The molecule has 5 rings (SSSR count). The van der Waals surface area contributed by atoms with Crippen LogP contribution in [0.5, 0.6) is 0 Å². The van der Waals surface area contributed by atoms with Crippen molar-refractivity contribution in [3.8, 4) is 22.8 Å². The average molecular weight is 449 g/mol. The molecule has 3 aromatic heterocycles. The van der Waals surface area contributed by atoms with Crippen LogP contribution in [0.25, 0.3) is 28.3 Å². The Balaban J connectivity index is 1.49. The van der Waals surface area contributed by atoms with E-state index in [-0.39, 0.29) is 0 Å². The molecule has 3 heterocycles. The van der Waals surface area contributed by atoms with Gasteiger partial charge in [0, 0.05) is 19.8 Å². The summed E-state index contributed by atoms with van der Waals surface area (Å²) >= 11 is 0. The molecular weight excluding hydrogens is 429 g/mol. The molecule has 0 atom stereocenters. The van der Waals surface area contributed by atoms with Crippen molar-refractivity contribution < 1.29 is 17.7 Å². The quantitative estimate of drug-likeness (QED) is 0.378. The van der Waals surface area contributed by atoms with Gasteiger partial charge in [0.05, 0.1) is 17.4 Å². The first kappa shape index (κ1) is 20.7. The molecule has 0 N–H and O–H groups in total. The number of imidazole rings is 1. The number of alkyl halides is 3. The van der Waals surface area contributed by atoms with E-state index in [0.717, 1.165) is 34.7 Å². The van der Waals surface area contributed by atoms with E-state index >= 15 is 0 Å². The lowest BCUT2D eigenvalue weighted by atomic mass is 10.2. The largest absolute Gasteiger partial charge is 0.416 e. The molecule has 0 bridgehead atoms. The molecule has 6 nitrogen and oxygen atoms in total. The SMILES string of the molecule is CN(C)c1ccc(-[n+]2cc3cccc(-c4cn(-c5ccc(C(F)(F)F)cc5)nn4)n3c2)cc1. The zero-order valence-corrected chi connectivity index (χ0v) is 17.9. The van der Waals surface area contributed by atoms with Crippen LogP contribution in [0.2, 0.25) is 0 Å². The smallest absolute Gasteiger partial charge is 0.378 e. The molecule has 0 spiro atoms. The van der Waals surface area contributed by atoms with Gasteiger partial charge in [-0.2, -0.15) is 17.6 Å². The van der Waals surface area contributed by atoms with Gasteiger partial charge in [-0.25, -0.2) is 9.25 Å². The van der Waals surface area contributed by atoms with Gasteiger partial charge in [-0.05, 0) is 60.7 Å². The number of aromatic nitrogens is 5. The summed E-state index contributed by atoms with van der Waals surface area (Å²) in [6.07, 6.45) is 1.31. The molecule has 0 aliphatic carbocycles.